The summed E-state index contributed by atoms with van der Waals surface area (Å²) in [7, 11) is 1.43. The fourth-order valence-electron chi connectivity index (χ4n) is 3.06. The van der Waals surface area contributed by atoms with Crippen LogP contribution in [0, 0.1) is 0 Å². The molecular weight excluding hydrogens is 388 g/mol. The highest BCUT2D eigenvalue weighted by molar-refractivity contribution is 5.94. The van der Waals surface area contributed by atoms with Crippen LogP contribution in [0.4, 0.5) is 0 Å². The van der Waals surface area contributed by atoms with E-state index in [1.54, 1.807) is 6.08 Å². The molecular formula is C18H24N2O9. The van der Waals surface area contributed by atoms with E-state index >= 15 is 0 Å². The Bertz CT molecular complexity index is 733. The maximum Gasteiger partial charge on any atom is 0.303 e. The Hall–Kier alpha value is -2.92. The van der Waals surface area contributed by atoms with Crippen LogP contribution in [-0.2, 0) is 42.9 Å². The molecule has 5 unspecified atom stereocenters. The van der Waals surface area contributed by atoms with Crippen LogP contribution in [0.25, 0.3) is 0 Å². The summed E-state index contributed by atoms with van der Waals surface area (Å²) in [5.41, 5.74) is 5.52. The summed E-state index contributed by atoms with van der Waals surface area (Å²) in [5, 5.41) is 0. The van der Waals surface area contributed by atoms with Gasteiger partial charge in [0.05, 0.1) is 5.57 Å². The average molecular weight is 412 g/mol. The number of hydrogen-bond acceptors (Lipinski definition) is 10. The van der Waals surface area contributed by atoms with Gasteiger partial charge in [-0.25, -0.2) is 0 Å². The van der Waals surface area contributed by atoms with Gasteiger partial charge in [0.15, 0.2) is 24.7 Å². The van der Waals surface area contributed by atoms with Gasteiger partial charge in [-0.2, -0.15) is 0 Å². The normalized spacial score (nSPS) is 28.5. The molecule has 2 rings (SSSR count). The number of carbonyl (C=O) groups excluding carboxylic acids is 4. The fourth-order valence-corrected chi connectivity index (χ4v) is 3.06. The van der Waals surface area contributed by atoms with E-state index in [-0.39, 0.29) is 12.2 Å². The first kappa shape index (κ1) is 22.4. The summed E-state index contributed by atoms with van der Waals surface area (Å²) in [6, 6.07) is 0. The molecule has 2 aliphatic rings. The van der Waals surface area contributed by atoms with Crippen molar-refractivity contribution in [1.29, 1.82) is 0 Å². The van der Waals surface area contributed by atoms with Gasteiger partial charge < -0.3 is 34.3 Å². The van der Waals surface area contributed by atoms with Gasteiger partial charge in [-0.15, -0.1) is 0 Å². The van der Waals surface area contributed by atoms with Gasteiger partial charge in [0.2, 0.25) is 5.91 Å². The lowest BCUT2D eigenvalue weighted by molar-refractivity contribution is -0.171. The molecule has 0 aromatic rings. The summed E-state index contributed by atoms with van der Waals surface area (Å²) >= 11 is 0. The molecule has 1 amide bonds. The number of nitrogens with two attached hydrogens (primary N) is 1. The molecule has 5 atom stereocenters. The number of esters is 3. The van der Waals surface area contributed by atoms with Gasteiger partial charge in [-0.1, -0.05) is 0 Å². The van der Waals surface area contributed by atoms with Crippen molar-refractivity contribution in [2.45, 2.75) is 51.5 Å². The average Bonchev–Trinajstić information content (AvgIpc) is 2.95. The van der Waals surface area contributed by atoms with Crippen molar-refractivity contribution in [2.24, 2.45) is 5.73 Å². The topological polar surface area (TPSA) is 144 Å². The van der Waals surface area contributed by atoms with Crippen LogP contribution >= 0.6 is 0 Å². The molecule has 1 fully saturated rings. The third-order valence-electron chi connectivity index (χ3n) is 4.18. The zero-order chi connectivity index (χ0) is 21.7. The largest absolute Gasteiger partial charge is 0.463 e. The molecule has 0 aliphatic carbocycles. The first-order chi connectivity index (χ1) is 13.6. The van der Waals surface area contributed by atoms with Gasteiger partial charge in [-0.3, -0.25) is 19.2 Å². The van der Waals surface area contributed by atoms with Crippen LogP contribution in [0.1, 0.15) is 20.8 Å². The Labute approximate surface area is 167 Å². The van der Waals surface area contributed by atoms with Gasteiger partial charge in [0.1, 0.15) is 12.7 Å². The maximum absolute atomic E-state index is 11.7. The number of hydrogen-bond donors (Lipinski definition) is 1. The minimum absolute atomic E-state index is 0.163. The second kappa shape index (κ2) is 9.52. The third kappa shape index (κ3) is 5.55. The molecule has 0 saturated carbocycles. The molecule has 2 aliphatic heterocycles. The van der Waals surface area contributed by atoms with E-state index < -0.39 is 54.6 Å². The summed E-state index contributed by atoms with van der Waals surface area (Å²) in [6.45, 7) is 3.36. The lowest BCUT2D eigenvalue weighted by Crippen LogP contribution is -2.50. The summed E-state index contributed by atoms with van der Waals surface area (Å²) in [5.74, 6) is -2.53. The Morgan fingerprint density at radius 1 is 1.07 bits per heavy atom. The molecule has 2 N–H and O–H groups in total. The molecule has 0 aromatic heterocycles. The Morgan fingerprint density at radius 2 is 1.69 bits per heavy atom. The molecule has 0 aromatic carbocycles. The molecule has 0 bridgehead atoms. The van der Waals surface area contributed by atoms with Crippen LogP contribution in [-0.4, -0.2) is 73.2 Å². The number of nitrogens with zero attached hydrogens (tertiary/aromatic N) is 1. The van der Waals surface area contributed by atoms with Crippen molar-refractivity contribution in [3.63, 3.8) is 0 Å². The van der Waals surface area contributed by atoms with Crippen LogP contribution in [0.5, 0.6) is 0 Å². The zero-order valence-electron chi connectivity index (χ0n) is 16.5. The summed E-state index contributed by atoms with van der Waals surface area (Å²) < 4.78 is 27.0. The fraction of sp³-hybridized carbons (Fsp3) is 0.556. The Morgan fingerprint density at radius 3 is 2.21 bits per heavy atom. The molecule has 11 nitrogen and oxygen atoms in total. The van der Waals surface area contributed by atoms with E-state index in [9.17, 15) is 19.2 Å². The number of rotatable bonds is 7. The molecule has 2 heterocycles. The highest BCUT2D eigenvalue weighted by Gasteiger charge is 2.52. The molecule has 11 heteroatoms. The monoisotopic (exact) mass is 412 g/mol. The van der Waals surface area contributed by atoms with Crippen molar-refractivity contribution in [3.8, 4) is 0 Å². The number of primary amides is 1. The second-order valence-electron chi connectivity index (χ2n) is 6.40. The van der Waals surface area contributed by atoms with Crippen LogP contribution < -0.4 is 5.73 Å². The highest BCUT2D eigenvalue weighted by Crippen LogP contribution is 2.33. The van der Waals surface area contributed by atoms with E-state index in [0.717, 1.165) is 0 Å². The molecule has 0 spiro atoms. The number of amides is 1. The second-order valence-corrected chi connectivity index (χ2v) is 6.40. The number of carbonyl (C=O) groups is 4. The summed E-state index contributed by atoms with van der Waals surface area (Å²) in [4.78, 5) is 47.6. The Balaban J connectivity index is 2.41. The standard InChI is InChI=1S/C18H24N2O9/c1-9(21)26-8-13-15(27-10(2)22)16(28-11(3)23)18(29-13)20-7-12(17(19)24)5-6-14(20)25-4/h5-7,13-16,18H,8H2,1-4H3,(H2,19,24). The molecule has 0 radical (unpaired) electrons. The third-order valence-corrected chi connectivity index (χ3v) is 4.18. The van der Waals surface area contributed by atoms with Gasteiger partial charge in [0.25, 0.3) is 0 Å². The predicted molar refractivity (Wildman–Crippen MR) is 95.5 cm³/mol. The van der Waals surface area contributed by atoms with E-state index in [1.165, 1.54) is 45.1 Å². The SMILES string of the molecule is COC1C=CC(C(N)=O)=CN1C1OC(COC(C)=O)C(OC(C)=O)C1OC(C)=O. The number of methoxy groups -OCH3 is 1. The minimum Gasteiger partial charge on any atom is -0.463 e. The van der Waals surface area contributed by atoms with Crippen molar-refractivity contribution in [2.75, 3.05) is 13.7 Å². The summed E-state index contributed by atoms with van der Waals surface area (Å²) in [6.07, 6.45) is -0.333. The van der Waals surface area contributed by atoms with E-state index in [4.69, 9.17) is 29.4 Å². The van der Waals surface area contributed by atoms with Gasteiger partial charge in [-0.05, 0) is 12.2 Å². The maximum atomic E-state index is 11.7. The van der Waals surface area contributed by atoms with E-state index in [0.29, 0.717) is 0 Å². The lowest BCUT2D eigenvalue weighted by atomic mass is 10.1. The van der Waals surface area contributed by atoms with Crippen molar-refractivity contribution < 1.29 is 42.9 Å². The zero-order valence-corrected chi connectivity index (χ0v) is 16.5. The van der Waals surface area contributed by atoms with Crippen molar-refractivity contribution >= 4 is 23.8 Å². The first-order valence-corrected chi connectivity index (χ1v) is 8.77. The van der Waals surface area contributed by atoms with Crippen molar-refractivity contribution in [1.82, 2.24) is 4.90 Å². The van der Waals surface area contributed by atoms with Crippen molar-refractivity contribution in [3.05, 3.63) is 23.9 Å². The van der Waals surface area contributed by atoms with Crippen LogP contribution in [0.2, 0.25) is 0 Å². The molecule has 160 valence electrons. The van der Waals surface area contributed by atoms with Gasteiger partial charge >= 0.3 is 17.9 Å². The molecule has 1 saturated heterocycles. The van der Waals surface area contributed by atoms with Crippen LogP contribution in [0.3, 0.4) is 0 Å². The number of ether oxygens (including phenoxy) is 5. The predicted octanol–water partition coefficient (Wildman–Crippen LogP) is -0.649. The highest BCUT2D eigenvalue weighted by atomic mass is 16.7. The van der Waals surface area contributed by atoms with Crippen LogP contribution in [0.15, 0.2) is 23.9 Å². The van der Waals surface area contributed by atoms with E-state index in [2.05, 4.69) is 0 Å². The quantitative estimate of drug-likeness (QED) is 0.423. The minimum atomic E-state index is -1.09. The Kier molecular flexibility index (Phi) is 7.35. The first-order valence-electron chi connectivity index (χ1n) is 8.77. The van der Waals surface area contributed by atoms with Gasteiger partial charge in [0, 0.05) is 34.1 Å². The molecule has 29 heavy (non-hydrogen) atoms. The lowest BCUT2D eigenvalue weighted by Gasteiger charge is -2.37. The smallest absolute Gasteiger partial charge is 0.303 e. The van der Waals surface area contributed by atoms with E-state index in [1.807, 2.05) is 0 Å².